The van der Waals surface area contributed by atoms with Crippen LogP contribution in [0, 0.1) is 26.7 Å². The predicted molar refractivity (Wildman–Crippen MR) is 126 cm³/mol. The zero-order valence-corrected chi connectivity index (χ0v) is 20.2. The largest absolute Gasteiger partial charge is 0.441 e. The molecule has 2 aromatic carbocycles. The number of hydrogen-bond donors (Lipinski definition) is 0. The Hall–Kier alpha value is -2.48. The van der Waals surface area contributed by atoms with E-state index >= 15 is 0 Å². The fourth-order valence-corrected chi connectivity index (χ4v) is 5.06. The maximum absolute atomic E-state index is 12.5. The molecule has 0 aliphatic heterocycles. The topological polar surface area (TPSA) is 78.6 Å². The summed E-state index contributed by atoms with van der Waals surface area (Å²) in [6.07, 6.45) is 3.68. The molecule has 3 aromatic rings. The molecule has 1 heterocycles. The molecule has 0 saturated heterocycles. The molecule has 176 valence electrons. The van der Waals surface area contributed by atoms with Gasteiger partial charge in [-0.25, -0.2) is 4.98 Å². The lowest BCUT2D eigenvalue weighted by Gasteiger charge is -2.28. The Labute approximate surface area is 196 Å². The standard InChI is InChI=1S/C26H31NO5S/c1-18-7-11-22(12-8-18)26-27-25(20(3)32-26)17-30-23-6-4-5-21(15-23)16-31-33(28,29)24-13-9-19(2)10-14-24/h7-14,21,23H,4-6,15-17H2,1-3H3/t21-,23+/m1/s1. The van der Waals surface area contributed by atoms with Crippen LogP contribution in [0.3, 0.4) is 0 Å². The highest BCUT2D eigenvalue weighted by Crippen LogP contribution is 2.29. The molecule has 4 rings (SSSR count). The molecule has 33 heavy (non-hydrogen) atoms. The van der Waals surface area contributed by atoms with Gasteiger partial charge in [-0.3, -0.25) is 4.18 Å². The number of hydrogen-bond acceptors (Lipinski definition) is 6. The van der Waals surface area contributed by atoms with Gasteiger partial charge in [0.1, 0.15) is 11.5 Å². The molecule has 1 fully saturated rings. The lowest BCUT2D eigenvalue weighted by atomic mass is 9.88. The molecule has 1 aromatic heterocycles. The molecule has 0 unspecified atom stereocenters. The maximum atomic E-state index is 12.5. The van der Waals surface area contributed by atoms with Crippen LogP contribution in [0.5, 0.6) is 0 Å². The van der Waals surface area contributed by atoms with Crippen LogP contribution < -0.4 is 0 Å². The Morgan fingerprint density at radius 3 is 2.33 bits per heavy atom. The van der Waals surface area contributed by atoms with Crippen LogP contribution in [0.25, 0.3) is 11.5 Å². The molecule has 0 radical (unpaired) electrons. The second kappa shape index (κ2) is 10.2. The van der Waals surface area contributed by atoms with Crippen LogP contribution in [-0.4, -0.2) is 26.1 Å². The number of aryl methyl sites for hydroxylation is 3. The summed E-state index contributed by atoms with van der Waals surface area (Å²) in [6.45, 7) is 6.42. The first kappa shape index (κ1) is 23.7. The van der Waals surface area contributed by atoms with Crippen molar-refractivity contribution in [1.29, 1.82) is 0 Å². The summed E-state index contributed by atoms with van der Waals surface area (Å²) >= 11 is 0. The lowest BCUT2D eigenvalue weighted by molar-refractivity contribution is -0.00559. The fraction of sp³-hybridized carbons (Fsp3) is 0.423. The quantitative estimate of drug-likeness (QED) is 0.391. The van der Waals surface area contributed by atoms with E-state index < -0.39 is 10.1 Å². The normalized spacial score (nSPS) is 19.0. The van der Waals surface area contributed by atoms with Crippen molar-refractivity contribution in [3.05, 3.63) is 71.1 Å². The molecule has 7 heteroatoms. The van der Waals surface area contributed by atoms with Gasteiger partial charge in [0.05, 0.1) is 24.2 Å². The number of aromatic nitrogens is 1. The Bertz CT molecular complexity index is 1170. The first-order valence-corrected chi connectivity index (χ1v) is 12.8. The van der Waals surface area contributed by atoms with Crippen LogP contribution in [-0.2, 0) is 25.6 Å². The van der Waals surface area contributed by atoms with Crippen LogP contribution >= 0.6 is 0 Å². The highest BCUT2D eigenvalue weighted by atomic mass is 32.2. The number of rotatable bonds is 8. The average molecular weight is 470 g/mol. The fourth-order valence-electron chi connectivity index (χ4n) is 4.08. The van der Waals surface area contributed by atoms with Gasteiger partial charge in [-0.05, 0) is 70.2 Å². The summed E-state index contributed by atoms with van der Waals surface area (Å²) in [4.78, 5) is 4.82. The van der Waals surface area contributed by atoms with E-state index in [-0.39, 0.29) is 23.5 Å². The van der Waals surface area contributed by atoms with Crippen LogP contribution in [0.1, 0.15) is 48.3 Å². The molecule has 2 atom stereocenters. The third kappa shape index (κ3) is 6.10. The van der Waals surface area contributed by atoms with E-state index in [0.717, 1.165) is 48.3 Å². The number of nitrogens with zero attached hydrogens (tertiary/aromatic N) is 1. The first-order chi connectivity index (χ1) is 15.8. The summed E-state index contributed by atoms with van der Waals surface area (Å²) in [7, 11) is -3.74. The van der Waals surface area contributed by atoms with Crippen LogP contribution in [0.2, 0.25) is 0 Å². The number of benzene rings is 2. The van der Waals surface area contributed by atoms with Gasteiger partial charge in [0.2, 0.25) is 5.89 Å². The van der Waals surface area contributed by atoms with E-state index in [0.29, 0.717) is 12.5 Å². The Morgan fingerprint density at radius 1 is 0.970 bits per heavy atom. The summed E-state index contributed by atoms with van der Waals surface area (Å²) in [6, 6.07) is 14.8. The monoisotopic (exact) mass is 469 g/mol. The molecular weight excluding hydrogens is 438 g/mol. The third-order valence-corrected chi connectivity index (χ3v) is 7.45. The van der Waals surface area contributed by atoms with Gasteiger partial charge >= 0.3 is 0 Å². The van der Waals surface area contributed by atoms with Crippen LogP contribution in [0.15, 0.2) is 57.8 Å². The van der Waals surface area contributed by atoms with Crippen molar-refractivity contribution >= 4 is 10.1 Å². The van der Waals surface area contributed by atoms with Gasteiger partial charge < -0.3 is 9.15 Å². The summed E-state index contributed by atoms with van der Waals surface area (Å²) < 4.78 is 42.3. The van der Waals surface area contributed by atoms with Gasteiger partial charge in [0, 0.05) is 5.56 Å². The molecule has 6 nitrogen and oxygen atoms in total. The minimum Gasteiger partial charge on any atom is -0.441 e. The molecule has 0 N–H and O–H groups in total. The van der Waals surface area contributed by atoms with E-state index in [1.54, 1.807) is 24.3 Å². The van der Waals surface area contributed by atoms with Gasteiger partial charge in [-0.15, -0.1) is 0 Å². The van der Waals surface area contributed by atoms with Crippen molar-refractivity contribution in [3.8, 4) is 11.5 Å². The minimum absolute atomic E-state index is 0.0494. The molecule has 1 aliphatic rings. The SMILES string of the molecule is Cc1ccc(-c2nc(CO[C@H]3CCC[C@@H](COS(=O)(=O)c4ccc(C)cc4)C3)c(C)o2)cc1. The zero-order valence-electron chi connectivity index (χ0n) is 19.4. The van der Waals surface area contributed by atoms with E-state index in [9.17, 15) is 8.42 Å². The van der Waals surface area contributed by atoms with Gasteiger partial charge in [0.15, 0.2) is 0 Å². The van der Waals surface area contributed by atoms with Crippen molar-refractivity contribution in [2.75, 3.05) is 6.61 Å². The molecule has 0 spiro atoms. The van der Waals surface area contributed by atoms with Gasteiger partial charge in [-0.1, -0.05) is 41.8 Å². The van der Waals surface area contributed by atoms with Crippen molar-refractivity contribution in [3.63, 3.8) is 0 Å². The van der Waals surface area contributed by atoms with Crippen molar-refractivity contribution in [2.24, 2.45) is 5.92 Å². The second-order valence-electron chi connectivity index (χ2n) is 8.91. The van der Waals surface area contributed by atoms with Crippen molar-refractivity contribution in [1.82, 2.24) is 4.98 Å². The number of oxazole rings is 1. The third-order valence-electron chi connectivity index (χ3n) is 6.15. The second-order valence-corrected chi connectivity index (χ2v) is 10.5. The zero-order chi connectivity index (χ0) is 23.4. The first-order valence-electron chi connectivity index (χ1n) is 11.4. The molecule has 0 bridgehead atoms. The molecule has 1 saturated carbocycles. The van der Waals surface area contributed by atoms with E-state index in [1.807, 2.05) is 45.0 Å². The molecular formula is C26H31NO5S. The minimum atomic E-state index is -3.74. The summed E-state index contributed by atoms with van der Waals surface area (Å²) in [5.74, 6) is 1.50. The summed E-state index contributed by atoms with van der Waals surface area (Å²) in [5.41, 5.74) is 3.94. The smallest absolute Gasteiger partial charge is 0.296 e. The van der Waals surface area contributed by atoms with Crippen molar-refractivity contribution in [2.45, 2.75) is 64.1 Å². The highest BCUT2D eigenvalue weighted by molar-refractivity contribution is 7.86. The summed E-state index contributed by atoms with van der Waals surface area (Å²) in [5, 5.41) is 0. The molecule has 1 aliphatic carbocycles. The van der Waals surface area contributed by atoms with Crippen LogP contribution in [0.4, 0.5) is 0 Å². The Balaban J connectivity index is 1.30. The van der Waals surface area contributed by atoms with E-state index in [1.165, 1.54) is 5.56 Å². The van der Waals surface area contributed by atoms with E-state index in [2.05, 4.69) is 4.98 Å². The Morgan fingerprint density at radius 2 is 1.64 bits per heavy atom. The van der Waals surface area contributed by atoms with E-state index in [4.69, 9.17) is 13.3 Å². The highest BCUT2D eigenvalue weighted by Gasteiger charge is 2.26. The predicted octanol–water partition coefficient (Wildman–Crippen LogP) is 5.75. The van der Waals surface area contributed by atoms with Crippen molar-refractivity contribution < 1.29 is 21.8 Å². The average Bonchev–Trinajstić information content (AvgIpc) is 3.18. The van der Waals surface area contributed by atoms with Gasteiger partial charge in [-0.2, -0.15) is 8.42 Å². The maximum Gasteiger partial charge on any atom is 0.296 e. The van der Waals surface area contributed by atoms with Gasteiger partial charge in [0.25, 0.3) is 10.1 Å². The molecule has 0 amide bonds. The number of ether oxygens (including phenoxy) is 1. The Kier molecular flexibility index (Phi) is 7.32. The lowest BCUT2D eigenvalue weighted by Crippen LogP contribution is -2.26.